The van der Waals surface area contributed by atoms with Gasteiger partial charge in [-0.2, -0.15) is 13.4 Å². The summed E-state index contributed by atoms with van der Waals surface area (Å²) in [7, 11) is -1.40. The molecule has 2 amide bonds. The summed E-state index contributed by atoms with van der Waals surface area (Å²) in [5.74, 6) is 0.182. The van der Waals surface area contributed by atoms with Crippen LogP contribution in [0.5, 0.6) is 5.88 Å². The Labute approximate surface area is 92.4 Å². The SMILES string of the molecule is COc1cc(C)nc(NC(=O)N=S(=O)=O)n1. The molecule has 0 aliphatic heterocycles. The maximum absolute atomic E-state index is 10.9. The second kappa shape index (κ2) is 5.16. The van der Waals surface area contributed by atoms with Gasteiger partial charge >= 0.3 is 16.5 Å². The number of aryl methyl sites for hydroxylation is 1. The van der Waals surface area contributed by atoms with Crippen LogP contribution < -0.4 is 10.1 Å². The quantitative estimate of drug-likeness (QED) is 0.805. The molecule has 1 rings (SSSR count). The van der Waals surface area contributed by atoms with Crippen LogP contribution in [-0.4, -0.2) is 31.5 Å². The molecule has 0 bridgehead atoms. The van der Waals surface area contributed by atoms with E-state index in [-0.39, 0.29) is 11.8 Å². The topological polar surface area (TPSA) is 111 Å². The minimum absolute atomic E-state index is 0.0731. The zero-order valence-electron chi connectivity index (χ0n) is 8.46. The van der Waals surface area contributed by atoms with Crippen molar-refractivity contribution in [2.24, 2.45) is 4.36 Å². The molecule has 8 nitrogen and oxygen atoms in total. The maximum Gasteiger partial charge on any atom is 0.362 e. The highest BCUT2D eigenvalue weighted by Crippen LogP contribution is 2.11. The number of carbonyl (C=O) groups excluding carboxylic acids is 1. The molecule has 1 aromatic rings. The molecule has 0 saturated heterocycles. The molecule has 1 aromatic heterocycles. The van der Waals surface area contributed by atoms with Crippen molar-refractivity contribution in [3.8, 4) is 5.88 Å². The predicted octanol–water partition coefficient (Wildman–Crippen LogP) is 0.388. The smallest absolute Gasteiger partial charge is 0.362 e. The van der Waals surface area contributed by atoms with Gasteiger partial charge in [-0.1, -0.05) is 4.36 Å². The van der Waals surface area contributed by atoms with Gasteiger partial charge in [0.1, 0.15) is 0 Å². The van der Waals surface area contributed by atoms with E-state index >= 15 is 0 Å². The van der Waals surface area contributed by atoms with Crippen molar-refractivity contribution in [1.82, 2.24) is 9.97 Å². The fourth-order valence-corrected chi connectivity index (χ4v) is 1.07. The predicted molar refractivity (Wildman–Crippen MR) is 53.7 cm³/mol. The maximum atomic E-state index is 10.9. The first-order valence-corrected chi connectivity index (χ1v) is 5.06. The van der Waals surface area contributed by atoms with Crippen LogP contribution in [0.2, 0.25) is 0 Å². The van der Waals surface area contributed by atoms with Gasteiger partial charge in [0, 0.05) is 11.8 Å². The number of anilines is 1. The fourth-order valence-electron chi connectivity index (χ4n) is 0.886. The number of hydrogen-bond acceptors (Lipinski definition) is 6. The second-order valence-electron chi connectivity index (χ2n) is 2.61. The lowest BCUT2D eigenvalue weighted by molar-refractivity contribution is 0.259. The highest BCUT2D eigenvalue weighted by Gasteiger charge is 2.06. The van der Waals surface area contributed by atoms with Gasteiger partial charge < -0.3 is 4.74 Å². The number of methoxy groups -OCH3 is 1. The number of rotatable bonds is 2. The minimum atomic E-state index is -2.81. The van der Waals surface area contributed by atoms with Crippen LogP contribution in [0.1, 0.15) is 5.69 Å². The molecule has 0 aliphatic rings. The van der Waals surface area contributed by atoms with Gasteiger partial charge in [-0.3, -0.25) is 5.32 Å². The Hall–Kier alpha value is -2.03. The highest BCUT2D eigenvalue weighted by atomic mass is 32.2. The molecule has 0 saturated carbocycles. The Morgan fingerprint density at radius 3 is 2.75 bits per heavy atom. The van der Waals surface area contributed by atoms with Crippen molar-refractivity contribution in [2.45, 2.75) is 6.92 Å². The lowest BCUT2D eigenvalue weighted by Crippen LogP contribution is -2.10. The first-order chi connectivity index (χ1) is 7.51. The average molecular weight is 244 g/mol. The summed E-state index contributed by atoms with van der Waals surface area (Å²) in [5.41, 5.74) is 0.561. The number of urea groups is 1. The van der Waals surface area contributed by atoms with Crippen molar-refractivity contribution >= 4 is 22.5 Å². The van der Waals surface area contributed by atoms with E-state index in [2.05, 4.69) is 19.6 Å². The third-order valence-corrected chi connectivity index (χ3v) is 1.73. The van der Waals surface area contributed by atoms with Gasteiger partial charge in [-0.15, -0.1) is 0 Å². The molecule has 0 aliphatic carbocycles. The summed E-state index contributed by atoms with van der Waals surface area (Å²) in [6.45, 7) is 1.67. The summed E-state index contributed by atoms with van der Waals surface area (Å²) in [6.07, 6.45) is 0. The summed E-state index contributed by atoms with van der Waals surface area (Å²) < 4.78 is 27.7. The number of amides is 2. The van der Waals surface area contributed by atoms with E-state index in [0.717, 1.165) is 0 Å². The molecule has 16 heavy (non-hydrogen) atoms. The largest absolute Gasteiger partial charge is 0.481 e. The van der Waals surface area contributed by atoms with Crippen molar-refractivity contribution in [1.29, 1.82) is 0 Å². The Morgan fingerprint density at radius 1 is 1.50 bits per heavy atom. The molecule has 0 aromatic carbocycles. The first kappa shape index (κ1) is 12.0. The monoisotopic (exact) mass is 244 g/mol. The van der Waals surface area contributed by atoms with Gasteiger partial charge in [0.2, 0.25) is 11.8 Å². The number of nitrogens with one attached hydrogen (secondary N) is 1. The van der Waals surface area contributed by atoms with Crippen molar-refractivity contribution in [3.63, 3.8) is 0 Å². The number of ether oxygens (including phenoxy) is 1. The van der Waals surface area contributed by atoms with E-state index in [1.165, 1.54) is 7.11 Å². The Morgan fingerprint density at radius 2 is 2.19 bits per heavy atom. The fraction of sp³-hybridized carbons (Fsp3) is 0.286. The third-order valence-electron chi connectivity index (χ3n) is 1.42. The van der Waals surface area contributed by atoms with Gasteiger partial charge in [0.05, 0.1) is 7.11 Å². The van der Waals surface area contributed by atoms with E-state index in [1.807, 2.05) is 0 Å². The molecule has 1 heterocycles. The van der Waals surface area contributed by atoms with E-state index in [4.69, 9.17) is 4.74 Å². The van der Waals surface area contributed by atoms with Crippen LogP contribution in [0.25, 0.3) is 0 Å². The summed E-state index contributed by atoms with van der Waals surface area (Å²) in [4.78, 5) is 18.6. The van der Waals surface area contributed by atoms with Crippen LogP contribution >= 0.6 is 0 Å². The molecule has 0 unspecified atom stereocenters. The highest BCUT2D eigenvalue weighted by molar-refractivity contribution is 7.62. The zero-order valence-corrected chi connectivity index (χ0v) is 9.28. The lowest BCUT2D eigenvalue weighted by atomic mass is 10.4. The molecule has 0 spiro atoms. The van der Waals surface area contributed by atoms with Crippen LogP contribution in [0.15, 0.2) is 10.4 Å². The van der Waals surface area contributed by atoms with Gasteiger partial charge in [-0.25, -0.2) is 9.78 Å². The molecule has 9 heteroatoms. The Balaban J connectivity index is 2.93. The Bertz CT molecular complexity index is 531. The zero-order chi connectivity index (χ0) is 12.1. The molecule has 0 radical (unpaired) electrons. The van der Waals surface area contributed by atoms with E-state index < -0.39 is 16.5 Å². The van der Waals surface area contributed by atoms with E-state index in [9.17, 15) is 13.2 Å². The molecule has 86 valence electrons. The van der Waals surface area contributed by atoms with Crippen molar-refractivity contribution in [2.75, 3.05) is 12.4 Å². The van der Waals surface area contributed by atoms with Crippen LogP contribution in [0.4, 0.5) is 10.7 Å². The number of carbonyl (C=O) groups is 1. The van der Waals surface area contributed by atoms with Gasteiger partial charge in [0.15, 0.2) is 0 Å². The lowest BCUT2D eigenvalue weighted by Gasteiger charge is -2.03. The van der Waals surface area contributed by atoms with Crippen LogP contribution in [0, 0.1) is 6.92 Å². The molecular formula is C7H8N4O4S. The molecule has 0 fully saturated rings. The second-order valence-corrected chi connectivity index (χ2v) is 3.23. The van der Waals surface area contributed by atoms with Crippen LogP contribution in [-0.2, 0) is 10.5 Å². The molecular weight excluding hydrogens is 236 g/mol. The minimum Gasteiger partial charge on any atom is -0.481 e. The summed E-state index contributed by atoms with van der Waals surface area (Å²) >= 11 is 0. The van der Waals surface area contributed by atoms with E-state index in [0.29, 0.717) is 5.69 Å². The number of aromatic nitrogens is 2. The van der Waals surface area contributed by atoms with Crippen LogP contribution in [0.3, 0.4) is 0 Å². The molecule has 1 N–H and O–H groups in total. The first-order valence-electron chi connectivity index (χ1n) is 4.03. The van der Waals surface area contributed by atoms with Crippen molar-refractivity contribution in [3.05, 3.63) is 11.8 Å². The van der Waals surface area contributed by atoms with Gasteiger partial charge in [-0.05, 0) is 6.92 Å². The number of hydrogen-bond donors (Lipinski definition) is 1. The third kappa shape index (κ3) is 3.61. The van der Waals surface area contributed by atoms with Crippen molar-refractivity contribution < 1.29 is 17.9 Å². The average Bonchev–Trinajstić information content (AvgIpc) is 2.14. The standard InChI is InChI=1S/C7H8N4O4S/c1-4-3-5(15-2)9-6(8-4)10-7(12)11-16(13)14/h3H,1-2H3,(H,8,9,10,12). The summed E-state index contributed by atoms with van der Waals surface area (Å²) in [6, 6.07) is 0.486. The van der Waals surface area contributed by atoms with Gasteiger partial charge in [0.25, 0.3) is 0 Å². The summed E-state index contributed by atoms with van der Waals surface area (Å²) in [5, 5.41) is 2.09. The number of nitrogens with zero attached hydrogens (tertiary/aromatic N) is 3. The molecule has 0 atom stereocenters. The van der Waals surface area contributed by atoms with E-state index in [1.54, 1.807) is 13.0 Å². The Kier molecular flexibility index (Phi) is 3.89. The normalized spacial score (nSPS) is 9.38.